The Kier molecular flexibility index (Phi) is 13.6. The van der Waals surface area contributed by atoms with Crippen LogP contribution in [0, 0.1) is 22.7 Å². The third-order valence-corrected chi connectivity index (χ3v) is 9.07. The number of likely N-dealkylation sites (N-methyl/N-ethyl adjacent to an activating group) is 2. The highest BCUT2D eigenvalue weighted by atomic mass is 16.5. The summed E-state index contributed by atoms with van der Waals surface area (Å²) in [7, 11) is 9.45. The maximum absolute atomic E-state index is 8.99. The lowest BCUT2D eigenvalue weighted by Gasteiger charge is -2.36. The summed E-state index contributed by atoms with van der Waals surface area (Å²) in [5.41, 5.74) is 5.81. The first-order valence-electron chi connectivity index (χ1n) is 17.3. The fourth-order valence-corrected chi connectivity index (χ4v) is 5.74. The highest BCUT2D eigenvalue weighted by Crippen LogP contribution is 2.24. The van der Waals surface area contributed by atoms with Crippen molar-refractivity contribution in [3.63, 3.8) is 0 Å². The Morgan fingerprint density at radius 3 is 1.04 bits per heavy atom. The highest BCUT2D eigenvalue weighted by molar-refractivity contribution is 5.65. The maximum atomic E-state index is 8.99. The minimum absolute atomic E-state index is 0.676. The van der Waals surface area contributed by atoms with E-state index in [-0.39, 0.29) is 0 Å². The number of nitriles is 2. The Hall–Kier alpha value is -4.62. The first-order chi connectivity index (χ1) is 23.2. The van der Waals surface area contributed by atoms with Crippen LogP contribution in [0.3, 0.4) is 0 Å². The molecule has 4 rings (SSSR count). The molecule has 0 spiro atoms. The first kappa shape index (κ1) is 36.2. The van der Waals surface area contributed by atoms with Crippen molar-refractivity contribution in [1.82, 2.24) is 0 Å². The van der Waals surface area contributed by atoms with Gasteiger partial charge in [-0.3, -0.25) is 0 Å². The van der Waals surface area contributed by atoms with Gasteiger partial charge in [0.25, 0.3) is 0 Å². The van der Waals surface area contributed by atoms with Gasteiger partial charge in [-0.2, -0.15) is 10.5 Å². The van der Waals surface area contributed by atoms with Crippen molar-refractivity contribution in [2.75, 3.05) is 67.6 Å². The van der Waals surface area contributed by atoms with Gasteiger partial charge in [-0.1, -0.05) is 48.5 Å². The Balaban J connectivity index is 1.03. The van der Waals surface area contributed by atoms with Gasteiger partial charge in [0.2, 0.25) is 0 Å². The van der Waals surface area contributed by atoms with E-state index in [0.29, 0.717) is 11.1 Å². The van der Waals surface area contributed by atoms with Crippen molar-refractivity contribution in [2.45, 2.75) is 38.5 Å². The average Bonchev–Trinajstić information content (AvgIpc) is 3.11. The number of benzene rings is 4. The van der Waals surface area contributed by atoms with Crippen LogP contribution >= 0.6 is 0 Å². The molecule has 4 aromatic rings. The van der Waals surface area contributed by atoms with Crippen molar-refractivity contribution in [1.29, 1.82) is 10.5 Å². The number of rotatable bonds is 19. The Bertz CT molecular complexity index is 1490. The summed E-state index contributed by atoms with van der Waals surface area (Å²) in [4.78, 5) is 0. The zero-order valence-electron chi connectivity index (χ0n) is 29.3. The van der Waals surface area contributed by atoms with Gasteiger partial charge in [0.15, 0.2) is 0 Å². The van der Waals surface area contributed by atoms with Gasteiger partial charge in [0.05, 0.1) is 77.8 Å². The van der Waals surface area contributed by atoms with Crippen molar-refractivity contribution < 1.29 is 18.4 Å². The zero-order valence-corrected chi connectivity index (χ0v) is 29.3. The SMILES string of the molecule is C[N+](C)(CCCCCOc1ccc(-c2ccc(C#N)cc2)cc1)CC[N+](C)(C)CCCCCOc1ccc(-c2ccc(C#N)cc2)cc1. The molecule has 0 amide bonds. The van der Waals surface area contributed by atoms with E-state index in [1.54, 1.807) is 0 Å². The fraction of sp³-hybridized carbons (Fsp3) is 0.381. The van der Waals surface area contributed by atoms with Crippen LogP contribution in [0.2, 0.25) is 0 Å². The Morgan fingerprint density at radius 2 is 0.729 bits per heavy atom. The molecular weight excluding hydrogens is 592 g/mol. The summed E-state index contributed by atoms with van der Waals surface area (Å²) in [5, 5.41) is 18.0. The second kappa shape index (κ2) is 18.1. The van der Waals surface area contributed by atoms with Gasteiger partial charge < -0.3 is 18.4 Å². The molecule has 0 atom stereocenters. The summed E-state index contributed by atoms with van der Waals surface area (Å²) in [5.74, 6) is 1.81. The number of unbranched alkanes of at least 4 members (excludes halogenated alkanes) is 4. The largest absolute Gasteiger partial charge is 0.494 e. The van der Waals surface area contributed by atoms with Crippen LogP contribution in [-0.4, -0.2) is 76.5 Å². The van der Waals surface area contributed by atoms with Gasteiger partial charge >= 0.3 is 0 Å². The van der Waals surface area contributed by atoms with Gasteiger partial charge in [-0.25, -0.2) is 0 Å². The van der Waals surface area contributed by atoms with Crippen LogP contribution in [0.4, 0.5) is 0 Å². The first-order valence-corrected chi connectivity index (χ1v) is 17.3. The molecule has 0 aliphatic carbocycles. The molecule has 250 valence electrons. The van der Waals surface area contributed by atoms with Gasteiger partial charge in [0, 0.05) is 0 Å². The van der Waals surface area contributed by atoms with E-state index >= 15 is 0 Å². The van der Waals surface area contributed by atoms with E-state index in [9.17, 15) is 0 Å². The zero-order chi connectivity index (χ0) is 34.2. The van der Waals surface area contributed by atoms with Crippen LogP contribution in [0.1, 0.15) is 49.7 Å². The molecule has 48 heavy (non-hydrogen) atoms. The van der Waals surface area contributed by atoms with Crippen LogP contribution in [-0.2, 0) is 0 Å². The highest BCUT2D eigenvalue weighted by Gasteiger charge is 2.22. The smallest absolute Gasteiger partial charge is 0.128 e. The van der Waals surface area contributed by atoms with Gasteiger partial charge in [-0.05, 0) is 109 Å². The molecule has 0 unspecified atom stereocenters. The summed E-state index contributed by atoms with van der Waals surface area (Å²) in [6.07, 6.45) is 6.89. The van der Waals surface area contributed by atoms with Crippen molar-refractivity contribution in [2.24, 2.45) is 0 Å². The average molecular weight is 645 g/mol. The van der Waals surface area contributed by atoms with Crippen LogP contribution < -0.4 is 9.47 Å². The molecule has 0 heterocycles. The van der Waals surface area contributed by atoms with Crippen molar-refractivity contribution in [3.8, 4) is 45.9 Å². The summed E-state index contributed by atoms with van der Waals surface area (Å²) < 4.78 is 14.1. The molecule has 6 nitrogen and oxygen atoms in total. The second-order valence-electron chi connectivity index (χ2n) is 14.0. The quantitative estimate of drug-likeness (QED) is 0.0757. The van der Waals surface area contributed by atoms with E-state index in [1.807, 2.05) is 72.8 Å². The fourth-order valence-electron chi connectivity index (χ4n) is 5.74. The van der Waals surface area contributed by atoms with E-state index < -0.39 is 0 Å². The van der Waals surface area contributed by atoms with E-state index in [0.717, 1.165) is 68.8 Å². The third kappa shape index (κ3) is 12.2. The topological polar surface area (TPSA) is 66.0 Å². The number of hydrogen-bond donors (Lipinski definition) is 0. The Morgan fingerprint density at radius 1 is 0.417 bits per heavy atom. The molecule has 0 aliphatic rings. The number of nitrogens with zero attached hydrogens (tertiary/aromatic N) is 4. The third-order valence-electron chi connectivity index (χ3n) is 9.07. The van der Waals surface area contributed by atoms with E-state index in [1.165, 1.54) is 51.9 Å². The molecular formula is C42H52N4O2+2. The summed E-state index contributed by atoms with van der Waals surface area (Å²) >= 11 is 0. The lowest BCUT2D eigenvalue weighted by Crippen LogP contribution is -2.51. The van der Waals surface area contributed by atoms with Crippen molar-refractivity contribution in [3.05, 3.63) is 108 Å². The predicted octanol–water partition coefficient (Wildman–Crippen LogP) is 8.72. The second-order valence-corrected chi connectivity index (χ2v) is 14.0. The Labute approximate surface area is 288 Å². The van der Waals surface area contributed by atoms with Crippen LogP contribution in [0.25, 0.3) is 22.3 Å². The standard InChI is InChI=1S/C42H52N4O2/c1-45(2,27-7-5-9-31-47-41-23-19-39(20-24-41)37-15-11-35(33-43)12-16-37)29-30-46(3,4)28-8-6-10-32-48-42-25-21-40(22-26-42)38-17-13-36(34-44)14-18-38/h11-26H,5-10,27-32H2,1-4H3/q+2. The monoisotopic (exact) mass is 644 g/mol. The van der Waals surface area contributed by atoms with Crippen molar-refractivity contribution >= 4 is 0 Å². The molecule has 0 saturated carbocycles. The lowest BCUT2D eigenvalue weighted by molar-refractivity contribution is -0.946. The number of hydrogen-bond acceptors (Lipinski definition) is 4. The molecule has 0 bridgehead atoms. The minimum atomic E-state index is 0.676. The van der Waals surface area contributed by atoms with E-state index in [4.69, 9.17) is 20.0 Å². The molecule has 0 aliphatic heterocycles. The number of ether oxygens (including phenoxy) is 2. The molecule has 0 aromatic heterocycles. The molecule has 6 heteroatoms. The van der Waals surface area contributed by atoms with E-state index in [2.05, 4.69) is 64.6 Å². The van der Waals surface area contributed by atoms with Gasteiger partial charge in [-0.15, -0.1) is 0 Å². The molecule has 0 fully saturated rings. The normalized spacial score (nSPS) is 11.5. The van der Waals surface area contributed by atoms with Crippen LogP contribution in [0.5, 0.6) is 11.5 Å². The summed E-state index contributed by atoms with van der Waals surface area (Å²) in [6, 6.07) is 36.1. The molecule has 0 N–H and O–H groups in total. The lowest BCUT2D eigenvalue weighted by atomic mass is 10.0. The van der Waals surface area contributed by atoms with Crippen LogP contribution in [0.15, 0.2) is 97.1 Å². The maximum Gasteiger partial charge on any atom is 0.128 e. The molecule has 4 aromatic carbocycles. The predicted molar refractivity (Wildman–Crippen MR) is 196 cm³/mol. The van der Waals surface area contributed by atoms with Gasteiger partial charge in [0.1, 0.15) is 24.6 Å². The number of quaternary nitrogens is 2. The minimum Gasteiger partial charge on any atom is -0.494 e. The molecule has 0 saturated heterocycles. The summed E-state index contributed by atoms with van der Waals surface area (Å²) in [6.45, 7) is 6.21. The molecule has 0 radical (unpaired) electrons.